The number of ether oxygens (including phenoxy) is 2. The number of aromatic nitrogens is 1. The van der Waals surface area contributed by atoms with E-state index < -0.39 is 0 Å². The van der Waals surface area contributed by atoms with Crippen molar-refractivity contribution in [2.75, 3.05) is 13.7 Å². The van der Waals surface area contributed by atoms with Crippen LogP contribution in [-0.2, 0) is 13.0 Å². The zero-order valence-corrected chi connectivity index (χ0v) is 16.4. The topological polar surface area (TPSA) is 46.3 Å². The molecule has 0 saturated carbocycles. The summed E-state index contributed by atoms with van der Waals surface area (Å²) in [4.78, 5) is 3.63. The van der Waals surface area contributed by atoms with Crippen LogP contribution in [0.4, 0.5) is 0 Å². The maximum atomic E-state index is 6.05. The van der Waals surface area contributed by atoms with Gasteiger partial charge in [-0.2, -0.15) is 0 Å². The summed E-state index contributed by atoms with van der Waals surface area (Å²) in [6, 6.07) is 25.0. The van der Waals surface area contributed by atoms with Gasteiger partial charge >= 0.3 is 0 Å². The first-order valence-electron chi connectivity index (χ1n) is 10.0. The van der Waals surface area contributed by atoms with E-state index in [4.69, 9.17) is 9.47 Å². The molecule has 0 amide bonds. The first kappa shape index (κ1) is 17.8. The van der Waals surface area contributed by atoms with Crippen LogP contribution < -0.4 is 14.8 Å². The molecule has 146 valence electrons. The minimum Gasteiger partial charge on any atom is -0.497 e. The van der Waals surface area contributed by atoms with E-state index in [9.17, 15) is 0 Å². The molecule has 4 heteroatoms. The molecular weight excluding hydrogens is 360 g/mol. The van der Waals surface area contributed by atoms with Crippen molar-refractivity contribution in [3.63, 3.8) is 0 Å². The molecule has 0 spiro atoms. The minimum atomic E-state index is 0.123. The zero-order valence-electron chi connectivity index (χ0n) is 16.4. The lowest BCUT2D eigenvalue weighted by atomic mass is 9.94. The van der Waals surface area contributed by atoms with Crippen molar-refractivity contribution in [2.24, 2.45) is 0 Å². The van der Waals surface area contributed by atoms with Crippen molar-refractivity contribution in [3.05, 3.63) is 95.2 Å². The number of hydrogen-bond acceptors (Lipinski definition) is 3. The van der Waals surface area contributed by atoms with E-state index in [0.29, 0.717) is 6.61 Å². The van der Waals surface area contributed by atoms with Crippen molar-refractivity contribution < 1.29 is 9.47 Å². The van der Waals surface area contributed by atoms with E-state index in [1.165, 1.54) is 27.8 Å². The smallest absolute Gasteiger partial charge is 0.120 e. The van der Waals surface area contributed by atoms with Crippen LogP contribution in [0.25, 0.3) is 10.9 Å². The normalized spacial score (nSPS) is 15.8. The van der Waals surface area contributed by atoms with Gasteiger partial charge in [0, 0.05) is 23.1 Å². The van der Waals surface area contributed by atoms with Crippen LogP contribution in [0.1, 0.15) is 28.4 Å². The van der Waals surface area contributed by atoms with Crippen molar-refractivity contribution in [3.8, 4) is 11.5 Å². The SMILES string of the molecule is COc1ccc2[nH]c3c(c2c1)CCNC3c1cccc(OCc2ccccc2)c1. The lowest BCUT2D eigenvalue weighted by Gasteiger charge is -2.25. The Bertz CT molecular complexity index is 1130. The maximum Gasteiger partial charge on any atom is 0.120 e. The van der Waals surface area contributed by atoms with Gasteiger partial charge in [0.25, 0.3) is 0 Å². The summed E-state index contributed by atoms with van der Waals surface area (Å²) in [5.41, 5.74) is 6.13. The molecular formula is C25H24N2O2. The van der Waals surface area contributed by atoms with Gasteiger partial charge in [0.15, 0.2) is 0 Å². The fourth-order valence-corrected chi connectivity index (χ4v) is 4.14. The molecule has 5 rings (SSSR count). The van der Waals surface area contributed by atoms with Crippen molar-refractivity contribution in [2.45, 2.75) is 19.1 Å². The molecule has 2 N–H and O–H groups in total. The van der Waals surface area contributed by atoms with Crippen molar-refractivity contribution in [1.29, 1.82) is 0 Å². The molecule has 1 unspecified atom stereocenters. The first-order valence-corrected chi connectivity index (χ1v) is 10.0. The van der Waals surface area contributed by atoms with Crippen molar-refractivity contribution in [1.82, 2.24) is 10.3 Å². The third-order valence-corrected chi connectivity index (χ3v) is 5.60. The fourth-order valence-electron chi connectivity index (χ4n) is 4.14. The van der Waals surface area contributed by atoms with Crippen LogP contribution >= 0.6 is 0 Å². The summed E-state index contributed by atoms with van der Waals surface area (Å²) in [5, 5.41) is 4.92. The predicted molar refractivity (Wildman–Crippen MR) is 116 cm³/mol. The van der Waals surface area contributed by atoms with E-state index >= 15 is 0 Å². The van der Waals surface area contributed by atoms with Crippen LogP contribution in [0.2, 0.25) is 0 Å². The molecule has 0 aliphatic carbocycles. The van der Waals surface area contributed by atoms with Gasteiger partial charge in [-0.15, -0.1) is 0 Å². The molecule has 1 atom stereocenters. The van der Waals surface area contributed by atoms with E-state index in [0.717, 1.165) is 30.0 Å². The van der Waals surface area contributed by atoms with Gasteiger partial charge in [-0.3, -0.25) is 0 Å². The van der Waals surface area contributed by atoms with Gasteiger partial charge in [0.2, 0.25) is 0 Å². The second kappa shape index (κ2) is 7.64. The summed E-state index contributed by atoms with van der Waals surface area (Å²) in [6.07, 6.45) is 1.00. The van der Waals surface area contributed by atoms with Gasteiger partial charge in [-0.05, 0) is 53.4 Å². The van der Waals surface area contributed by atoms with Crippen LogP contribution in [0, 0.1) is 0 Å². The Labute approximate surface area is 170 Å². The number of rotatable bonds is 5. The number of aromatic amines is 1. The van der Waals surface area contributed by atoms with Gasteiger partial charge in [0.05, 0.1) is 13.2 Å². The monoisotopic (exact) mass is 384 g/mol. The molecule has 0 saturated heterocycles. The quantitative estimate of drug-likeness (QED) is 0.509. The van der Waals surface area contributed by atoms with E-state index in [1.54, 1.807) is 7.11 Å². The number of benzene rings is 3. The van der Waals surface area contributed by atoms with Crippen molar-refractivity contribution >= 4 is 10.9 Å². The van der Waals surface area contributed by atoms with Crippen LogP contribution in [0.3, 0.4) is 0 Å². The highest BCUT2D eigenvalue weighted by Gasteiger charge is 2.25. The Balaban J connectivity index is 1.45. The molecule has 0 fully saturated rings. The van der Waals surface area contributed by atoms with Crippen LogP contribution in [0.15, 0.2) is 72.8 Å². The Hall–Kier alpha value is -3.24. The number of fused-ring (bicyclic) bond motifs is 3. The fraction of sp³-hybridized carbons (Fsp3) is 0.200. The molecule has 2 heterocycles. The van der Waals surface area contributed by atoms with E-state index in [1.807, 2.05) is 30.3 Å². The zero-order chi connectivity index (χ0) is 19.6. The summed E-state index contributed by atoms with van der Waals surface area (Å²) < 4.78 is 11.5. The molecule has 4 nitrogen and oxygen atoms in total. The van der Waals surface area contributed by atoms with E-state index in [-0.39, 0.29) is 6.04 Å². The van der Waals surface area contributed by atoms with Gasteiger partial charge < -0.3 is 19.8 Å². The second-order valence-electron chi connectivity index (χ2n) is 7.41. The van der Waals surface area contributed by atoms with Gasteiger partial charge in [-0.25, -0.2) is 0 Å². The molecule has 0 radical (unpaired) electrons. The molecule has 1 aliphatic heterocycles. The Morgan fingerprint density at radius 3 is 2.69 bits per heavy atom. The average molecular weight is 384 g/mol. The summed E-state index contributed by atoms with van der Waals surface area (Å²) in [7, 11) is 1.71. The third-order valence-electron chi connectivity index (χ3n) is 5.60. The Kier molecular flexibility index (Phi) is 4.70. The number of H-pyrrole nitrogens is 1. The van der Waals surface area contributed by atoms with E-state index in [2.05, 4.69) is 52.8 Å². The standard InChI is InChI=1S/C25H24N2O2/c1-28-19-10-11-23-22(15-19)21-12-13-26-24(25(21)27-23)18-8-5-9-20(14-18)29-16-17-6-3-2-4-7-17/h2-11,14-15,24,26-27H,12-13,16H2,1H3. The highest BCUT2D eigenvalue weighted by Crippen LogP contribution is 2.35. The minimum absolute atomic E-state index is 0.123. The highest BCUT2D eigenvalue weighted by atomic mass is 16.5. The largest absolute Gasteiger partial charge is 0.497 e. The van der Waals surface area contributed by atoms with Gasteiger partial charge in [0.1, 0.15) is 18.1 Å². The molecule has 0 bridgehead atoms. The number of nitrogens with one attached hydrogen (secondary N) is 2. The summed E-state index contributed by atoms with van der Waals surface area (Å²) >= 11 is 0. The maximum absolute atomic E-state index is 6.05. The predicted octanol–water partition coefficient (Wildman–Crippen LogP) is 4.99. The highest BCUT2D eigenvalue weighted by molar-refractivity contribution is 5.86. The molecule has 1 aromatic heterocycles. The summed E-state index contributed by atoms with van der Waals surface area (Å²) in [6.45, 7) is 1.51. The Morgan fingerprint density at radius 2 is 1.83 bits per heavy atom. The van der Waals surface area contributed by atoms with Gasteiger partial charge in [-0.1, -0.05) is 42.5 Å². The molecule has 1 aliphatic rings. The third kappa shape index (κ3) is 3.47. The summed E-state index contributed by atoms with van der Waals surface area (Å²) in [5.74, 6) is 1.78. The molecule has 3 aromatic carbocycles. The van der Waals surface area contributed by atoms with Crippen LogP contribution in [0.5, 0.6) is 11.5 Å². The number of hydrogen-bond donors (Lipinski definition) is 2. The molecule has 4 aromatic rings. The average Bonchev–Trinajstić information content (AvgIpc) is 3.16. The van der Waals surface area contributed by atoms with Crippen LogP contribution in [-0.4, -0.2) is 18.6 Å². The lowest BCUT2D eigenvalue weighted by molar-refractivity contribution is 0.305. The molecule has 29 heavy (non-hydrogen) atoms. The number of methoxy groups -OCH3 is 1. The second-order valence-corrected chi connectivity index (χ2v) is 7.41. The lowest BCUT2D eigenvalue weighted by Crippen LogP contribution is -2.30. The Morgan fingerprint density at radius 1 is 0.931 bits per heavy atom. The first-order chi connectivity index (χ1) is 14.3.